The fourth-order valence-corrected chi connectivity index (χ4v) is 7.22. The molecule has 0 radical (unpaired) electrons. The number of rotatable bonds is 7. The van der Waals surface area contributed by atoms with E-state index in [0.717, 1.165) is 38.1 Å². The minimum absolute atomic E-state index is 0.0699. The van der Waals surface area contributed by atoms with Crippen molar-refractivity contribution in [2.75, 3.05) is 0 Å². The van der Waals surface area contributed by atoms with Gasteiger partial charge < -0.3 is 0 Å². The molecule has 0 bridgehead atoms. The number of benzene rings is 4. The Hall–Kier alpha value is -3.48. The number of carbonyl (C=O) groups excluding carboxylic acids is 1. The maximum Gasteiger partial charge on any atom is 0.416 e. The van der Waals surface area contributed by atoms with Gasteiger partial charge in [-0.25, -0.2) is 0 Å². The van der Waals surface area contributed by atoms with Crippen LogP contribution in [0, 0.1) is 0 Å². The first-order valence-corrected chi connectivity index (χ1v) is 14.2. The molecule has 0 aliphatic heterocycles. The third-order valence-corrected chi connectivity index (χ3v) is 9.52. The van der Waals surface area contributed by atoms with Gasteiger partial charge in [-0.2, -0.15) is 13.2 Å². The summed E-state index contributed by atoms with van der Waals surface area (Å²) in [5.41, 5.74) is 0.505. The molecule has 190 valence electrons. The summed E-state index contributed by atoms with van der Waals surface area (Å²) in [6, 6.07) is 30.1. The second kappa shape index (κ2) is 11.5. The molecular formula is C32H24F3OS2+. The molecule has 6 heteroatoms. The van der Waals surface area contributed by atoms with E-state index >= 15 is 0 Å². The molecule has 1 aliphatic carbocycles. The van der Waals surface area contributed by atoms with Gasteiger partial charge in [0, 0.05) is 21.3 Å². The maximum absolute atomic E-state index is 13.2. The van der Waals surface area contributed by atoms with Crippen LogP contribution in [0.3, 0.4) is 0 Å². The van der Waals surface area contributed by atoms with Gasteiger partial charge in [-0.15, -0.1) is 11.8 Å². The minimum Gasteiger partial charge on any atom is -0.289 e. The van der Waals surface area contributed by atoms with Gasteiger partial charge in [0.1, 0.15) is 0 Å². The molecular weight excluding hydrogens is 521 g/mol. The van der Waals surface area contributed by atoms with E-state index in [0.29, 0.717) is 16.4 Å². The van der Waals surface area contributed by atoms with Crippen LogP contribution >= 0.6 is 11.8 Å². The summed E-state index contributed by atoms with van der Waals surface area (Å²) in [5.74, 6) is -0.0699. The number of alkyl halides is 3. The zero-order valence-electron chi connectivity index (χ0n) is 20.3. The Bertz CT molecular complexity index is 1440. The quantitative estimate of drug-likeness (QED) is 0.170. The summed E-state index contributed by atoms with van der Waals surface area (Å²) in [4.78, 5) is 16.7. The number of thioether (sulfide) groups is 1. The van der Waals surface area contributed by atoms with Crippen molar-refractivity contribution in [2.45, 2.75) is 37.4 Å². The van der Waals surface area contributed by atoms with Crippen molar-refractivity contribution in [1.82, 2.24) is 0 Å². The van der Waals surface area contributed by atoms with Crippen LogP contribution in [0.5, 0.6) is 0 Å². The monoisotopic (exact) mass is 545 g/mol. The Labute approximate surface area is 227 Å². The number of carbonyl (C=O) groups is 1. The summed E-state index contributed by atoms with van der Waals surface area (Å²) >= 11 is 1.79. The van der Waals surface area contributed by atoms with Crippen molar-refractivity contribution in [3.63, 3.8) is 0 Å². The molecule has 38 heavy (non-hydrogen) atoms. The van der Waals surface area contributed by atoms with Crippen LogP contribution in [0.4, 0.5) is 13.2 Å². The fraction of sp³-hybridized carbons (Fsp3) is 0.0938. The normalized spacial score (nSPS) is 15.8. The zero-order chi connectivity index (χ0) is 26.5. The summed E-state index contributed by atoms with van der Waals surface area (Å²) in [6.45, 7) is 0. The Morgan fingerprint density at radius 1 is 0.711 bits per heavy atom. The Kier molecular flexibility index (Phi) is 7.91. The van der Waals surface area contributed by atoms with E-state index in [4.69, 9.17) is 0 Å². The Morgan fingerprint density at radius 3 is 1.82 bits per heavy atom. The third-order valence-electron chi connectivity index (χ3n) is 6.09. The molecule has 4 aromatic carbocycles. The first kappa shape index (κ1) is 26.1. The van der Waals surface area contributed by atoms with E-state index in [1.807, 2.05) is 30.3 Å². The second-order valence-electron chi connectivity index (χ2n) is 8.72. The highest BCUT2D eigenvalue weighted by molar-refractivity contribution is 8.00. The van der Waals surface area contributed by atoms with E-state index < -0.39 is 22.6 Å². The number of halogens is 3. The van der Waals surface area contributed by atoms with Crippen molar-refractivity contribution < 1.29 is 18.0 Å². The molecule has 0 saturated heterocycles. The summed E-state index contributed by atoms with van der Waals surface area (Å²) in [5, 5.41) is 0.383. The fourth-order valence-electron chi connectivity index (χ4n) is 4.16. The summed E-state index contributed by atoms with van der Waals surface area (Å²) in [6.07, 6.45) is 5.04. The van der Waals surface area contributed by atoms with Gasteiger partial charge in [-0.3, -0.25) is 4.79 Å². The molecule has 0 N–H and O–H groups in total. The van der Waals surface area contributed by atoms with Gasteiger partial charge in [0.05, 0.1) is 16.5 Å². The molecule has 0 amide bonds. The molecule has 5 rings (SSSR count). The lowest BCUT2D eigenvalue weighted by molar-refractivity contribution is -0.137. The highest BCUT2D eigenvalue weighted by Crippen LogP contribution is 2.36. The smallest absolute Gasteiger partial charge is 0.289 e. The molecule has 4 aromatic rings. The van der Waals surface area contributed by atoms with Crippen LogP contribution in [0.25, 0.3) is 0 Å². The third kappa shape index (κ3) is 6.14. The SMILES string of the molecule is O=C(c1ccccc1)c1ccc([S+](c2ccc(SC3C=CC=CC3)cc2)c2ccc(C(F)(F)F)cc2)cc1. The molecule has 0 heterocycles. The second-order valence-corrected chi connectivity index (χ2v) is 12.1. The van der Waals surface area contributed by atoms with Crippen LogP contribution in [-0.2, 0) is 17.1 Å². The van der Waals surface area contributed by atoms with E-state index in [2.05, 4.69) is 48.6 Å². The van der Waals surface area contributed by atoms with Gasteiger partial charge in [0.2, 0.25) is 0 Å². The van der Waals surface area contributed by atoms with Gasteiger partial charge in [0.25, 0.3) is 0 Å². The van der Waals surface area contributed by atoms with E-state index in [1.165, 1.54) is 0 Å². The molecule has 1 nitrogen and oxygen atoms in total. The van der Waals surface area contributed by atoms with E-state index in [1.54, 1.807) is 48.2 Å². The van der Waals surface area contributed by atoms with E-state index in [-0.39, 0.29) is 5.78 Å². The number of allylic oxidation sites excluding steroid dienone is 3. The van der Waals surface area contributed by atoms with Crippen LogP contribution in [0.1, 0.15) is 27.9 Å². The largest absolute Gasteiger partial charge is 0.416 e. The van der Waals surface area contributed by atoms with Gasteiger partial charge >= 0.3 is 6.18 Å². The minimum atomic E-state index is -4.39. The molecule has 0 saturated carbocycles. The Morgan fingerprint density at radius 2 is 1.26 bits per heavy atom. The molecule has 1 aliphatic rings. The Balaban J connectivity index is 1.46. The van der Waals surface area contributed by atoms with Gasteiger partial charge in [0.15, 0.2) is 20.5 Å². The molecule has 2 unspecified atom stereocenters. The first-order chi connectivity index (χ1) is 18.4. The topological polar surface area (TPSA) is 17.1 Å². The average molecular weight is 546 g/mol. The lowest BCUT2D eigenvalue weighted by Crippen LogP contribution is -2.08. The van der Waals surface area contributed by atoms with E-state index in [9.17, 15) is 18.0 Å². The number of hydrogen-bond donors (Lipinski definition) is 0. The van der Waals surface area contributed by atoms with Crippen LogP contribution in [-0.4, -0.2) is 11.0 Å². The summed E-state index contributed by atoms with van der Waals surface area (Å²) < 4.78 is 39.7. The molecule has 0 aromatic heterocycles. The predicted octanol–water partition coefficient (Wildman–Crippen LogP) is 9.01. The van der Waals surface area contributed by atoms with Crippen molar-refractivity contribution >= 4 is 28.4 Å². The maximum atomic E-state index is 13.2. The number of hydrogen-bond acceptors (Lipinski definition) is 2. The predicted molar refractivity (Wildman–Crippen MR) is 149 cm³/mol. The van der Waals surface area contributed by atoms with Crippen molar-refractivity contribution in [2.24, 2.45) is 0 Å². The lowest BCUT2D eigenvalue weighted by Gasteiger charge is -2.13. The highest BCUT2D eigenvalue weighted by Gasteiger charge is 2.33. The first-order valence-electron chi connectivity index (χ1n) is 12.1. The van der Waals surface area contributed by atoms with Crippen molar-refractivity contribution in [1.29, 1.82) is 0 Å². The van der Waals surface area contributed by atoms with Crippen LogP contribution in [0.15, 0.2) is 147 Å². The summed E-state index contributed by atoms with van der Waals surface area (Å²) in [7, 11) is -0.644. The van der Waals surface area contributed by atoms with Gasteiger partial charge in [-0.1, -0.05) is 54.6 Å². The van der Waals surface area contributed by atoms with Crippen molar-refractivity contribution in [3.8, 4) is 0 Å². The van der Waals surface area contributed by atoms with Crippen LogP contribution < -0.4 is 0 Å². The standard InChI is InChI=1S/C32H24F3OS2/c33-32(34,35)25-13-19-29(20-14-25)38(30-21-15-27(16-22-30)37-26-9-5-2-6-10-26)28-17-11-24(12-18-28)31(36)23-7-3-1-4-8-23/h1-9,11-22,26H,10H2/q+1. The zero-order valence-corrected chi connectivity index (χ0v) is 21.9. The van der Waals surface area contributed by atoms with Gasteiger partial charge in [-0.05, 0) is 79.2 Å². The average Bonchev–Trinajstić information content (AvgIpc) is 2.95. The lowest BCUT2D eigenvalue weighted by atomic mass is 10.0. The number of ketones is 1. The molecule has 0 fully saturated rings. The van der Waals surface area contributed by atoms with Crippen molar-refractivity contribution in [3.05, 3.63) is 144 Å². The molecule has 2 atom stereocenters. The van der Waals surface area contributed by atoms with Crippen LogP contribution in [0.2, 0.25) is 0 Å². The highest BCUT2D eigenvalue weighted by atomic mass is 32.2. The molecule has 0 spiro atoms.